The van der Waals surface area contributed by atoms with Gasteiger partial charge in [0.1, 0.15) is 6.61 Å². The van der Waals surface area contributed by atoms with Crippen molar-refractivity contribution in [2.75, 3.05) is 17.7 Å². The van der Waals surface area contributed by atoms with Gasteiger partial charge in [-0.2, -0.15) is 0 Å². The zero-order valence-corrected chi connectivity index (χ0v) is 12.6. The van der Waals surface area contributed by atoms with Crippen LogP contribution in [0, 0.1) is 18.8 Å². The standard InChI is InChI=1S/C16H19NO2S/c1-12-6-7-14(11-13(12)5-3-9-18)17-15(19)16(2)8-4-10-20-16/h6-7,11,18H,4,8-10H2,1-2H3,(H,17,19). The van der Waals surface area contributed by atoms with Gasteiger partial charge in [-0.3, -0.25) is 4.79 Å². The first-order valence-corrected chi connectivity index (χ1v) is 7.69. The lowest BCUT2D eigenvalue weighted by Gasteiger charge is -2.21. The van der Waals surface area contributed by atoms with E-state index in [1.807, 2.05) is 32.0 Å². The first-order chi connectivity index (χ1) is 9.55. The third-order valence-corrected chi connectivity index (χ3v) is 5.02. The first-order valence-electron chi connectivity index (χ1n) is 6.71. The number of carbonyl (C=O) groups is 1. The Bertz CT molecular complexity index is 566. The Morgan fingerprint density at radius 2 is 2.35 bits per heavy atom. The number of aliphatic hydroxyl groups excluding tert-OH is 1. The lowest BCUT2D eigenvalue weighted by Crippen LogP contribution is -2.34. The third-order valence-electron chi connectivity index (χ3n) is 3.50. The molecule has 20 heavy (non-hydrogen) atoms. The van der Waals surface area contributed by atoms with Crippen molar-refractivity contribution in [1.29, 1.82) is 0 Å². The molecule has 106 valence electrons. The summed E-state index contributed by atoms with van der Waals surface area (Å²) >= 11 is 1.72. The Morgan fingerprint density at radius 1 is 1.55 bits per heavy atom. The van der Waals surface area contributed by atoms with Gasteiger partial charge in [0.05, 0.1) is 4.75 Å². The first kappa shape index (κ1) is 15.0. The summed E-state index contributed by atoms with van der Waals surface area (Å²) in [4.78, 5) is 12.3. The Kier molecular flexibility index (Phi) is 4.74. The highest BCUT2D eigenvalue weighted by Crippen LogP contribution is 2.38. The number of benzene rings is 1. The van der Waals surface area contributed by atoms with Gasteiger partial charge in [0, 0.05) is 11.3 Å². The molecule has 1 amide bonds. The molecule has 1 aromatic carbocycles. The predicted octanol–water partition coefficient (Wildman–Crippen LogP) is 2.56. The summed E-state index contributed by atoms with van der Waals surface area (Å²) < 4.78 is -0.318. The van der Waals surface area contributed by atoms with Crippen molar-refractivity contribution >= 4 is 23.4 Å². The normalized spacial score (nSPS) is 21.1. The minimum atomic E-state index is -0.318. The van der Waals surface area contributed by atoms with Gasteiger partial charge in [0.15, 0.2) is 0 Å². The van der Waals surface area contributed by atoms with Crippen molar-refractivity contribution in [2.24, 2.45) is 0 Å². The fourth-order valence-corrected chi connectivity index (χ4v) is 3.40. The Hall–Kier alpha value is -1.44. The maximum absolute atomic E-state index is 12.3. The summed E-state index contributed by atoms with van der Waals surface area (Å²) in [5, 5.41) is 11.7. The van der Waals surface area contributed by atoms with E-state index in [2.05, 4.69) is 17.2 Å². The van der Waals surface area contributed by atoms with Crippen molar-refractivity contribution in [3.05, 3.63) is 29.3 Å². The number of carbonyl (C=O) groups excluding carboxylic acids is 1. The summed E-state index contributed by atoms with van der Waals surface area (Å²) in [6.07, 6.45) is 2.02. The van der Waals surface area contributed by atoms with Crippen molar-refractivity contribution < 1.29 is 9.90 Å². The van der Waals surface area contributed by atoms with E-state index < -0.39 is 0 Å². The molecule has 0 aromatic heterocycles. The molecule has 1 fully saturated rings. The predicted molar refractivity (Wildman–Crippen MR) is 83.9 cm³/mol. The average Bonchev–Trinajstić information content (AvgIpc) is 2.87. The van der Waals surface area contributed by atoms with E-state index in [0.717, 1.165) is 35.4 Å². The van der Waals surface area contributed by atoms with Crippen LogP contribution in [0.15, 0.2) is 18.2 Å². The van der Waals surface area contributed by atoms with E-state index in [1.165, 1.54) is 0 Å². The Balaban J connectivity index is 2.15. The summed E-state index contributed by atoms with van der Waals surface area (Å²) in [5.74, 6) is 6.64. The number of rotatable bonds is 2. The Morgan fingerprint density at radius 3 is 3.00 bits per heavy atom. The van der Waals surface area contributed by atoms with Gasteiger partial charge in [-0.1, -0.05) is 17.9 Å². The second-order valence-corrected chi connectivity index (χ2v) is 6.72. The highest BCUT2D eigenvalue weighted by molar-refractivity contribution is 8.01. The molecule has 4 heteroatoms. The number of amides is 1. The zero-order valence-electron chi connectivity index (χ0n) is 11.8. The van der Waals surface area contributed by atoms with Crippen LogP contribution in [0.1, 0.15) is 30.9 Å². The van der Waals surface area contributed by atoms with E-state index in [1.54, 1.807) is 11.8 Å². The molecule has 2 rings (SSSR count). The number of hydrogen-bond acceptors (Lipinski definition) is 3. The highest BCUT2D eigenvalue weighted by Gasteiger charge is 2.37. The van der Waals surface area contributed by atoms with Crippen molar-refractivity contribution in [2.45, 2.75) is 31.4 Å². The van der Waals surface area contributed by atoms with Crippen LogP contribution in [0.4, 0.5) is 5.69 Å². The van der Waals surface area contributed by atoms with E-state index >= 15 is 0 Å². The minimum absolute atomic E-state index is 0.0601. The summed E-state index contributed by atoms with van der Waals surface area (Å²) in [7, 11) is 0. The molecule has 0 radical (unpaired) electrons. The van der Waals surface area contributed by atoms with E-state index in [4.69, 9.17) is 5.11 Å². The number of thioether (sulfide) groups is 1. The molecule has 0 bridgehead atoms. The fraction of sp³-hybridized carbons (Fsp3) is 0.438. The molecule has 1 atom stereocenters. The van der Waals surface area contributed by atoms with Gasteiger partial charge in [0.2, 0.25) is 5.91 Å². The average molecular weight is 289 g/mol. The van der Waals surface area contributed by atoms with Gasteiger partial charge < -0.3 is 10.4 Å². The van der Waals surface area contributed by atoms with Crippen LogP contribution in [-0.4, -0.2) is 28.1 Å². The van der Waals surface area contributed by atoms with Gasteiger partial charge in [-0.25, -0.2) is 0 Å². The SMILES string of the molecule is Cc1ccc(NC(=O)C2(C)CCCS2)cc1C#CCO. The van der Waals surface area contributed by atoms with Crippen LogP contribution in [-0.2, 0) is 4.79 Å². The monoisotopic (exact) mass is 289 g/mol. The molecule has 0 spiro atoms. The van der Waals surface area contributed by atoms with Gasteiger partial charge >= 0.3 is 0 Å². The highest BCUT2D eigenvalue weighted by atomic mass is 32.2. The topological polar surface area (TPSA) is 49.3 Å². The molecular weight excluding hydrogens is 270 g/mol. The molecule has 1 aliphatic rings. The quantitative estimate of drug-likeness (QED) is 0.823. The van der Waals surface area contributed by atoms with Crippen LogP contribution in [0.3, 0.4) is 0 Å². The zero-order chi connectivity index (χ0) is 14.6. The van der Waals surface area contributed by atoms with Gasteiger partial charge in [0.25, 0.3) is 0 Å². The molecule has 0 aliphatic carbocycles. The number of hydrogen-bond donors (Lipinski definition) is 2. The maximum atomic E-state index is 12.3. The molecule has 1 unspecified atom stereocenters. The molecule has 1 saturated heterocycles. The number of aryl methyl sites for hydroxylation is 1. The van der Waals surface area contributed by atoms with Crippen molar-refractivity contribution in [1.82, 2.24) is 0 Å². The molecule has 1 aromatic rings. The molecule has 0 saturated carbocycles. The molecular formula is C16H19NO2S. The molecule has 1 aliphatic heterocycles. The molecule has 1 heterocycles. The minimum Gasteiger partial charge on any atom is -0.384 e. The largest absolute Gasteiger partial charge is 0.384 e. The van der Waals surface area contributed by atoms with Gasteiger partial charge in [-0.15, -0.1) is 11.8 Å². The lowest BCUT2D eigenvalue weighted by molar-refractivity contribution is -0.118. The van der Waals surface area contributed by atoms with E-state index in [0.29, 0.717) is 0 Å². The van der Waals surface area contributed by atoms with Crippen LogP contribution >= 0.6 is 11.8 Å². The van der Waals surface area contributed by atoms with E-state index in [-0.39, 0.29) is 17.3 Å². The Labute approximate surface area is 124 Å². The van der Waals surface area contributed by atoms with Crippen molar-refractivity contribution in [3.63, 3.8) is 0 Å². The fourth-order valence-electron chi connectivity index (χ4n) is 2.19. The number of aliphatic hydroxyl groups is 1. The van der Waals surface area contributed by atoms with Crippen LogP contribution < -0.4 is 5.32 Å². The number of nitrogens with one attached hydrogen (secondary N) is 1. The second-order valence-electron chi connectivity index (χ2n) is 5.13. The third kappa shape index (κ3) is 3.36. The summed E-state index contributed by atoms with van der Waals surface area (Å²) in [6, 6.07) is 5.68. The lowest BCUT2D eigenvalue weighted by atomic mass is 10.0. The number of anilines is 1. The van der Waals surface area contributed by atoms with Crippen LogP contribution in [0.25, 0.3) is 0 Å². The summed E-state index contributed by atoms with van der Waals surface area (Å²) in [5.41, 5.74) is 2.63. The van der Waals surface area contributed by atoms with Crippen LogP contribution in [0.5, 0.6) is 0 Å². The smallest absolute Gasteiger partial charge is 0.240 e. The van der Waals surface area contributed by atoms with Gasteiger partial charge in [-0.05, 0) is 50.1 Å². The second kappa shape index (κ2) is 6.34. The maximum Gasteiger partial charge on any atom is 0.240 e. The summed E-state index contributed by atoms with van der Waals surface area (Å²) in [6.45, 7) is 3.80. The van der Waals surface area contributed by atoms with Crippen LogP contribution in [0.2, 0.25) is 0 Å². The molecule has 2 N–H and O–H groups in total. The molecule has 3 nitrogen and oxygen atoms in total. The van der Waals surface area contributed by atoms with Crippen molar-refractivity contribution in [3.8, 4) is 11.8 Å². The van der Waals surface area contributed by atoms with E-state index in [9.17, 15) is 4.79 Å².